The van der Waals surface area contributed by atoms with Crippen LogP contribution >= 0.6 is 11.8 Å². The van der Waals surface area contributed by atoms with Crippen molar-refractivity contribution >= 4 is 23.4 Å². The normalized spacial score (nSPS) is 17.4. The third-order valence-corrected chi connectivity index (χ3v) is 5.30. The Balaban J connectivity index is 2.01. The summed E-state index contributed by atoms with van der Waals surface area (Å²) in [5.74, 6) is 1.10. The molecule has 0 spiro atoms. The molecule has 1 aliphatic rings. The smallest absolute Gasteiger partial charge is 0.225 e. The van der Waals surface area contributed by atoms with Crippen molar-refractivity contribution in [3.63, 3.8) is 0 Å². The molecule has 4 heteroatoms. The first kappa shape index (κ1) is 16.4. The van der Waals surface area contributed by atoms with Crippen molar-refractivity contribution in [1.82, 2.24) is 0 Å². The zero-order valence-electron chi connectivity index (χ0n) is 12.9. The highest BCUT2D eigenvalue weighted by Crippen LogP contribution is 2.38. The summed E-state index contributed by atoms with van der Waals surface area (Å²) in [6.07, 6.45) is 6.40. The molecule has 3 nitrogen and oxygen atoms in total. The summed E-state index contributed by atoms with van der Waals surface area (Å²) in [4.78, 5) is 13.6. The van der Waals surface area contributed by atoms with E-state index in [4.69, 9.17) is 5.73 Å². The molecule has 2 rings (SSSR count). The minimum absolute atomic E-state index is 0.0230. The summed E-state index contributed by atoms with van der Waals surface area (Å²) in [7, 11) is 0. The molecule has 1 amide bonds. The van der Waals surface area contributed by atoms with Crippen LogP contribution in [-0.2, 0) is 4.79 Å². The van der Waals surface area contributed by atoms with Crippen molar-refractivity contribution in [2.24, 2.45) is 11.1 Å². The van der Waals surface area contributed by atoms with Gasteiger partial charge in [-0.1, -0.05) is 38.3 Å². The molecule has 21 heavy (non-hydrogen) atoms. The molecule has 0 saturated heterocycles. The Labute approximate surface area is 132 Å². The van der Waals surface area contributed by atoms with Crippen LogP contribution in [0, 0.1) is 5.41 Å². The Kier molecular flexibility index (Phi) is 6.12. The van der Waals surface area contributed by atoms with Gasteiger partial charge in [-0.15, -0.1) is 11.8 Å². The molecule has 0 heterocycles. The number of rotatable bonds is 6. The van der Waals surface area contributed by atoms with Gasteiger partial charge >= 0.3 is 0 Å². The number of para-hydroxylation sites is 1. The number of anilines is 1. The monoisotopic (exact) mass is 306 g/mol. The van der Waals surface area contributed by atoms with Crippen LogP contribution in [0.1, 0.15) is 45.4 Å². The van der Waals surface area contributed by atoms with Crippen molar-refractivity contribution in [1.29, 1.82) is 0 Å². The van der Waals surface area contributed by atoms with Crippen LogP contribution in [0.15, 0.2) is 29.2 Å². The number of nitrogens with two attached hydrogens (primary N) is 1. The molecule has 1 aromatic carbocycles. The van der Waals surface area contributed by atoms with E-state index in [-0.39, 0.29) is 11.3 Å². The Hall–Kier alpha value is -1.00. The lowest BCUT2D eigenvalue weighted by atomic mass is 9.71. The lowest BCUT2D eigenvalue weighted by Gasteiger charge is -2.35. The molecular weight excluding hydrogens is 280 g/mol. The second-order valence-electron chi connectivity index (χ2n) is 5.92. The van der Waals surface area contributed by atoms with Gasteiger partial charge in [0.2, 0.25) is 5.91 Å². The second-order valence-corrected chi connectivity index (χ2v) is 7.22. The molecule has 0 aromatic heterocycles. The highest BCUT2D eigenvalue weighted by Gasteiger charge is 2.33. The molecule has 0 radical (unpaired) electrons. The lowest BCUT2D eigenvalue weighted by Crippen LogP contribution is -2.36. The van der Waals surface area contributed by atoms with Crippen LogP contribution in [0.25, 0.3) is 0 Å². The van der Waals surface area contributed by atoms with Gasteiger partial charge in [-0.25, -0.2) is 0 Å². The topological polar surface area (TPSA) is 55.1 Å². The van der Waals surface area contributed by atoms with E-state index in [1.807, 2.05) is 18.2 Å². The average molecular weight is 306 g/mol. The quantitative estimate of drug-likeness (QED) is 0.780. The van der Waals surface area contributed by atoms with Gasteiger partial charge in [0, 0.05) is 11.3 Å². The molecule has 0 atom stereocenters. The molecule has 116 valence electrons. The van der Waals surface area contributed by atoms with Gasteiger partial charge in [0.1, 0.15) is 0 Å². The molecular formula is C17H26N2OS. The number of hydrogen-bond donors (Lipinski definition) is 2. The largest absolute Gasteiger partial charge is 0.330 e. The first-order chi connectivity index (χ1) is 10.2. The van der Waals surface area contributed by atoms with Crippen molar-refractivity contribution < 1.29 is 4.79 Å². The minimum Gasteiger partial charge on any atom is -0.330 e. The molecule has 0 aliphatic heterocycles. The molecule has 1 fully saturated rings. The highest BCUT2D eigenvalue weighted by molar-refractivity contribution is 7.99. The van der Waals surface area contributed by atoms with Gasteiger partial charge < -0.3 is 11.1 Å². The number of carbonyl (C=O) groups is 1. The summed E-state index contributed by atoms with van der Waals surface area (Å²) in [6, 6.07) is 8.01. The number of benzene rings is 1. The van der Waals surface area contributed by atoms with E-state index in [2.05, 4.69) is 18.3 Å². The number of hydrogen-bond acceptors (Lipinski definition) is 3. The predicted octanol–water partition coefficient (Wildman–Crippen LogP) is 4.04. The predicted molar refractivity (Wildman–Crippen MR) is 90.7 cm³/mol. The molecule has 0 bridgehead atoms. The zero-order valence-corrected chi connectivity index (χ0v) is 13.7. The first-order valence-corrected chi connectivity index (χ1v) is 8.89. The maximum Gasteiger partial charge on any atom is 0.225 e. The van der Waals surface area contributed by atoms with Gasteiger partial charge in [-0.3, -0.25) is 4.79 Å². The van der Waals surface area contributed by atoms with Crippen LogP contribution in [0.3, 0.4) is 0 Å². The molecule has 0 unspecified atom stereocenters. The Bertz CT molecular complexity index is 470. The summed E-state index contributed by atoms with van der Waals surface area (Å²) in [5, 5.41) is 3.09. The fourth-order valence-corrected chi connectivity index (χ4v) is 3.90. The Morgan fingerprint density at radius 3 is 2.67 bits per heavy atom. The van der Waals surface area contributed by atoms with Gasteiger partial charge in [0.25, 0.3) is 0 Å². The van der Waals surface area contributed by atoms with E-state index < -0.39 is 0 Å². The fraction of sp³-hybridized carbons (Fsp3) is 0.588. The maximum absolute atomic E-state index is 12.4. The van der Waals surface area contributed by atoms with Crippen molar-refractivity contribution in [3.8, 4) is 0 Å². The molecule has 3 N–H and O–H groups in total. The van der Waals surface area contributed by atoms with Crippen LogP contribution < -0.4 is 11.1 Å². The summed E-state index contributed by atoms with van der Waals surface area (Å²) < 4.78 is 0. The van der Waals surface area contributed by atoms with Gasteiger partial charge in [-0.05, 0) is 42.7 Å². The lowest BCUT2D eigenvalue weighted by molar-refractivity contribution is -0.118. The summed E-state index contributed by atoms with van der Waals surface area (Å²) in [6.45, 7) is 2.74. The third-order valence-electron chi connectivity index (χ3n) is 4.34. The first-order valence-electron chi connectivity index (χ1n) is 7.91. The molecule has 1 aromatic rings. The van der Waals surface area contributed by atoms with Crippen LogP contribution in [0.2, 0.25) is 0 Å². The van der Waals surface area contributed by atoms with Crippen molar-refractivity contribution in [2.75, 3.05) is 17.6 Å². The number of thioether (sulfide) groups is 1. The number of nitrogens with one attached hydrogen (secondary N) is 1. The third kappa shape index (κ3) is 4.48. The van der Waals surface area contributed by atoms with Crippen LogP contribution in [0.5, 0.6) is 0 Å². The summed E-state index contributed by atoms with van der Waals surface area (Å²) in [5.41, 5.74) is 6.92. The Morgan fingerprint density at radius 2 is 2.00 bits per heavy atom. The molecule has 1 saturated carbocycles. The second kappa shape index (κ2) is 7.85. The van der Waals surface area contributed by atoms with E-state index in [1.54, 1.807) is 11.8 Å². The minimum atomic E-state index is 0.0230. The Morgan fingerprint density at radius 1 is 1.29 bits per heavy atom. The van der Waals surface area contributed by atoms with Crippen LogP contribution in [0.4, 0.5) is 5.69 Å². The van der Waals surface area contributed by atoms with Crippen molar-refractivity contribution in [2.45, 2.75) is 50.3 Å². The van der Waals surface area contributed by atoms with Crippen molar-refractivity contribution in [3.05, 3.63) is 24.3 Å². The van der Waals surface area contributed by atoms with Gasteiger partial charge in [0.15, 0.2) is 0 Å². The molecule has 1 aliphatic carbocycles. The average Bonchev–Trinajstić information content (AvgIpc) is 2.50. The number of amides is 1. The van der Waals surface area contributed by atoms with Gasteiger partial charge in [-0.2, -0.15) is 0 Å². The summed E-state index contributed by atoms with van der Waals surface area (Å²) >= 11 is 1.76. The van der Waals surface area contributed by atoms with Crippen LogP contribution in [-0.4, -0.2) is 18.2 Å². The van der Waals surface area contributed by atoms with E-state index in [0.29, 0.717) is 13.0 Å². The SMILES string of the molecule is CCSc1ccccc1NC(=O)CC1(CN)CCCCC1. The van der Waals surface area contributed by atoms with E-state index in [9.17, 15) is 4.79 Å². The number of carbonyl (C=O) groups excluding carboxylic acids is 1. The van der Waals surface area contributed by atoms with E-state index >= 15 is 0 Å². The fourth-order valence-electron chi connectivity index (χ4n) is 3.14. The van der Waals surface area contributed by atoms with E-state index in [0.717, 1.165) is 29.2 Å². The highest BCUT2D eigenvalue weighted by atomic mass is 32.2. The maximum atomic E-state index is 12.4. The van der Waals surface area contributed by atoms with Gasteiger partial charge in [0.05, 0.1) is 5.69 Å². The standard InChI is InChI=1S/C17H26N2OS/c1-2-21-15-9-5-4-8-14(15)19-16(20)12-17(13-18)10-6-3-7-11-17/h4-5,8-9H,2-3,6-7,10-13,18H2,1H3,(H,19,20). The zero-order chi connectivity index (χ0) is 15.1. The van der Waals surface area contributed by atoms with E-state index in [1.165, 1.54) is 19.3 Å².